The van der Waals surface area contributed by atoms with E-state index in [0.717, 1.165) is 0 Å². The van der Waals surface area contributed by atoms with Crippen molar-refractivity contribution in [2.24, 2.45) is 5.11 Å². The third-order valence-corrected chi connectivity index (χ3v) is 2.03. The van der Waals surface area contributed by atoms with Gasteiger partial charge in [-0.3, -0.25) is 4.55 Å². The minimum atomic E-state index is -3.82. The predicted molar refractivity (Wildman–Crippen MR) is 44.3 cm³/mol. The first-order valence-corrected chi connectivity index (χ1v) is 5.13. The quantitative estimate of drug-likeness (QED) is 0.226. The molecule has 0 aliphatic rings. The molecule has 0 aromatic carbocycles. The summed E-state index contributed by atoms with van der Waals surface area (Å²) < 4.78 is 28.7. The lowest BCUT2D eigenvalue weighted by atomic mass is 10.2. The molecule has 7 heteroatoms. The van der Waals surface area contributed by atoms with E-state index >= 15 is 0 Å². The fraction of sp³-hybridized carbons (Fsp3) is 1.00. The molecule has 0 radical (unpaired) electrons. The van der Waals surface area contributed by atoms with Crippen LogP contribution in [0.2, 0.25) is 0 Å². The third kappa shape index (κ3) is 9.22. The van der Waals surface area contributed by atoms with Crippen LogP contribution in [0.3, 0.4) is 0 Å². The SMILES string of the molecule is [N-]=[N+]=NCCCCCS(=O)(=O)O. The van der Waals surface area contributed by atoms with Crippen LogP contribution in [0.25, 0.3) is 10.4 Å². The predicted octanol–water partition coefficient (Wildman–Crippen LogP) is 1.35. The molecule has 12 heavy (non-hydrogen) atoms. The molecule has 0 saturated heterocycles. The van der Waals surface area contributed by atoms with Crippen molar-refractivity contribution < 1.29 is 13.0 Å². The number of hydrogen-bond acceptors (Lipinski definition) is 3. The van der Waals surface area contributed by atoms with Gasteiger partial charge in [0, 0.05) is 11.5 Å². The van der Waals surface area contributed by atoms with E-state index in [0.29, 0.717) is 25.8 Å². The van der Waals surface area contributed by atoms with Crippen LogP contribution in [0.4, 0.5) is 0 Å². The molecule has 0 bridgehead atoms. The number of rotatable bonds is 6. The second kappa shape index (κ2) is 5.82. The molecule has 6 nitrogen and oxygen atoms in total. The standard InChI is InChI=1S/C5H11N3O3S/c6-8-7-4-2-1-3-5-12(9,10)11/h1-5H2,(H,9,10,11). The van der Waals surface area contributed by atoms with Crippen molar-refractivity contribution in [1.29, 1.82) is 0 Å². The van der Waals surface area contributed by atoms with E-state index in [4.69, 9.17) is 10.1 Å². The molecular weight excluding hydrogens is 182 g/mol. The molecule has 70 valence electrons. The zero-order valence-electron chi connectivity index (χ0n) is 6.55. The molecule has 0 aromatic heterocycles. The Balaban J connectivity index is 3.28. The zero-order valence-corrected chi connectivity index (χ0v) is 7.37. The molecule has 1 N–H and O–H groups in total. The van der Waals surface area contributed by atoms with Crippen LogP contribution in [-0.4, -0.2) is 25.3 Å². The molecule has 0 unspecified atom stereocenters. The average Bonchev–Trinajstić information content (AvgIpc) is 1.94. The van der Waals surface area contributed by atoms with E-state index in [1.807, 2.05) is 0 Å². The van der Waals surface area contributed by atoms with Gasteiger partial charge in [0.15, 0.2) is 0 Å². The summed E-state index contributed by atoms with van der Waals surface area (Å²) in [6, 6.07) is 0. The Kier molecular flexibility index (Phi) is 5.44. The van der Waals surface area contributed by atoms with Crippen molar-refractivity contribution >= 4 is 10.1 Å². The highest BCUT2D eigenvalue weighted by molar-refractivity contribution is 7.85. The van der Waals surface area contributed by atoms with Gasteiger partial charge in [-0.25, -0.2) is 0 Å². The second-order valence-electron chi connectivity index (χ2n) is 2.30. The van der Waals surface area contributed by atoms with Gasteiger partial charge in [-0.1, -0.05) is 11.5 Å². The minimum Gasteiger partial charge on any atom is -0.286 e. The molecule has 0 heterocycles. The van der Waals surface area contributed by atoms with Gasteiger partial charge in [-0.05, 0) is 18.4 Å². The van der Waals surface area contributed by atoms with Gasteiger partial charge in [0.1, 0.15) is 0 Å². The number of nitrogens with zero attached hydrogens (tertiary/aromatic N) is 3. The fourth-order valence-electron chi connectivity index (χ4n) is 0.688. The van der Waals surface area contributed by atoms with Gasteiger partial charge in [0.25, 0.3) is 10.1 Å². The summed E-state index contributed by atoms with van der Waals surface area (Å²) in [5, 5.41) is 3.27. The molecule has 0 aromatic rings. The van der Waals surface area contributed by atoms with Gasteiger partial charge in [0.05, 0.1) is 5.75 Å². The number of azide groups is 1. The summed E-state index contributed by atoms with van der Waals surface area (Å²) in [6.45, 7) is 0.377. The van der Waals surface area contributed by atoms with Gasteiger partial charge in [-0.2, -0.15) is 8.42 Å². The van der Waals surface area contributed by atoms with E-state index in [1.165, 1.54) is 0 Å². The van der Waals surface area contributed by atoms with Crippen LogP contribution in [0.15, 0.2) is 5.11 Å². The maximum Gasteiger partial charge on any atom is 0.264 e. The molecular formula is C5H11N3O3S. The summed E-state index contributed by atoms with van der Waals surface area (Å²) >= 11 is 0. The topological polar surface area (TPSA) is 103 Å². The van der Waals surface area contributed by atoms with Crippen molar-refractivity contribution in [3.05, 3.63) is 10.4 Å². The van der Waals surface area contributed by atoms with Crippen molar-refractivity contribution in [3.8, 4) is 0 Å². The lowest BCUT2D eigenvalue weighted by molar-refractivity contribution is 0.479. The zero-order chi connectivity index (χ0) is 9.45. The molecule has 0 amide bonds. The smallest absolute Gasteiger partial charge is 0.264 e. The van der Waals surface area contributed by atoms with Crippen LogP contribution in [0, 0.1) is 0 Å². The Morgan fingerprint density at radius 2 is 2.00 bits per heavy atom. The highest BCUT2D eigenvalue weighted by Gasteiger charge is 2.02. The van der Waals surface area contributed by atoms with Gasteiger partial charge in [-0.15, -0.1) is 0 Å². The first-order valence-electron chi connectivity index (χ1n) is 3.52. The fourth-order valence-corrected chi connectivity index (χ4v) is 1.26. The number of hydrogen-bond donors (Lipinski definition) is 1. The van der Waals surface area contributed by atoms with Gasteiger partial charge >= 0.3 is 0 Å². The van der Waals surface area contributed by atoms with E-state index in [1.54, 1.807) is 0 Å². The Bertz CT molecular complexity index is 255. The Morgan fingerprint density at radius 3 is 2.50 bits per heavy atom. The minimum absolute atomic E-state index is 0.219. The molecule has 0 spiro atoms. The van der Waals surface area contributed by atoms with E-state index in [9.17, 15) is 8.42 Å². The highest BCUT2D eigenvalue weighted by atomic mass is 32.2. The molecule has 0 aliphatic heterocycles. The van der Waals surface area contributed by atoms with Crippen LogP contribution in [0.1, 0.15) is 19.3 Å². The van der Waals surface area contributed by atoms with E-state index in [2.05, 4.69) is 10.0 Å². The monoisotopic (exact) mass is 193 g/mol. The largest absolute Gasteiger partial charge is 0.286 e. The first kappa shape index (κ1) is 11.2. The van der Waals surface area contributed by atoms with Gasteiger partial charge < -0.3 is 0 Å². The van der Waals surface area contributed by atoms with Crippen LogP contribution >= 0.6 is 0 Å². The van der Waals surface area contributed by atoms with Crippen molar-refractivity contribution in [2.45, 2.75) is 19.3 Å². The average molecular weight is 193 g/mol. The third-order valence-electron chi connectivity index (χ3n) is 1.22. The van der Waals surface area contributed by atoms with E-state index in [-0.39, 0.29) is 5.75 Å². The van der Waals surface area contributed by atoms with Crippen LogP contribution in [0.5, 0.6) is 0 Å². The highest BCUT2D eigenvalue weighted by Crippen LogP contribution is 1.98. The molecule has 0 aliphatic carbocycles. The summed E-state index contributed by atoms with van der Waals surface area (Å²) in [6.07, 6.45) is 1.69. The maximum absolute atomic E-state index is 10.2. The lowest BCUT2D eigenvalue weighted by Gasteiger charge is -1.95. The summed E-state index contributed by atoms with van der Waals surface area (Å²) in [5.74, 6) is -0.219. The normalized spacial score (nSPS) is 10.8. The molecule has 0 saturated carbocycles. The number of unbranched alkanes of at least 4 members (excludes halogenated alkanes) is 2. The molecule has 0 rings (SSSR count). The Hall–Kier alpha value is -0.780. The Labute approximate surface area is 71.0 Å². The Morgan fingerprint density at radius 1 is 1.33 bits per heavy atom. The lowest BCUT2D eigenvalue weighted by Crippen LogP contribution is -2.03. The van der Waals surface area contributed by atoms with Gasteiger partial charge in [0.2, 0.25) is 0 Å². The maximum atomic E-state index is 10.2. The van der Waals surface area contributed by atoms with E-state index < -0.39 is 10.1 Å². The van der Waals surface area contributed by atoms with Crippen LogP contribution in [-0.2, 0) is 10.1 Å². The molecule has 0 fully saturated rings. The summed E-state index contributed by atoms with van der Waals surface area (Å²) in [4.78, 5) is 2.54. The van der Waals surface area contributed by atoms with Crippen molar-refractivity contribution in [3.63, 3.8) is 0 Å². The van der Waals surface area contributed by atoms with Crippen molar-refractivity contribution in [2.75, 3.05) is 12.3 Å². The summed E-state index contributed by atoms with van der Waals surface area (Å²) in [7, 11) is -3.82. The first-order chi connectivity index (χ1) is 5.56. The second-order valence-corrected chi connectivity index (χ2v) is 3.87. The molecule has 0 atom stereocenters. The van der Waals surface area contributed by atoms with Crippen LogP contribution < -0.4 is 0 Å². The summed E-state index contributed by atoms with van der Waals surface area (Å²) in [5.41, 5.74) is 7.87. The van der Waals surface area contributed by atoms with Crippen molar-refractivity contribution in [1.82, 2.24) is 0 Å².